The summed E-state index contributed by atoms with van der Waals surface area (Å²) in [5.74, 6) is 1.30. The number of benzene rings is 1. The number of hydrogen-bond donors (Lipinski definition) is 1. The van der Waals surface area contributed by atoms with Crippen LogP contribution in [0.2, 0.25) is 5.02 Å². The number of amides is 1. The van der Waals surface area contributed by atoms with Crippen LogP contribution in [0.1, 0.15) is 16.1 Å². The zero-order valence-corrected chi connectivity index (χ0v) is 12.6. The Hall–Kier alpha value is -2.04. The number of carbonyl (C=O) groups is 1. The van der Waals surface area contributed by atoms with E-state index in [2.05, 4.69) is 5.32 Å². The second kappa shape index (κ2) is 6.16. The van der Waals surface area contributed by atoms with Gasteiger partial charge in [0.25, 0.3) is 5.91 Å². The molecule has 1 amide bonds. The molecule has 0 aliphatic rings. The van der Waals surface area contributed by atoms with E-state index >= 15 is 0 Å². The van der Waals surface area contributed by atoms with E-state index in [4.69, 9.17) is 16.0 Å². The topological polar surface area (TPSA) is 42.2 Å². The van der Waals surface area contributed by atoms with Crippen molar-refractivity contribution in [3.05, 3.63) is 69.6 Å². The molecule has 2 aromatic heterocycles. The molecule has 106 valence electrons. The highest BCUT2D eigenvalue weighted by Crippen LogP contribution is 2.24. The van der Waals surface area contributed by atoms with Crippen molar-refractivity contribution in [1.82, 2.24) is 5.32 Å². The molecule has 0 aliphatic carbocycles. The average Bonchev–Trinajstić information content (AvgIpc) is 3.16. The molecule has 5 heteroatoms. The molecule has 0 bridgehead atoms. The second-order valence-electron chi connectivity index (χ2n) is 4.44. The third-order valence-electron chi connectivity index (χ3n) is 3.01. The summed E-state index contributed by atoms with van der Waals surface area (Å²) in [5.41, 5.74) is 1.51. The maximum absolute atomic E-state index is 12.0. The van der Waals surface area contributed by atoms with Crippen molar-refractivity contribution < 1.29 is 9.21 Å². The van der Waals surface area contributed by atoms with Crippen LogP contribution in [0.4, 0.5) is 0 Å². The first-order chi connectivity index (χ1) is 10.2. The number of hydrogen-bond acceptors (Lipinski definition) is 3. The van der Waals surface area contributed by atoms with E-state index in [0.29, 0.717) is 22.9 Å². The number of furan rings is 1. The molecule has 1 aromatic carbocycles. The highest BCUT2D eigenvalue weighted by Gasteiger charge is 2.10. The molecule has 0 fully saturated rings. The molecule has 21 heavy (non-hydrogen) atoms. The molecular formula is C16H12ClNO2S. The van der Waals surface area contributed by atoms with E-state index in [9.17, 15) is 4.79 Å². The summed E-state index contributed by atoms with van der Waals surface area (Å²) in [6, 6.07) is 12.7. The van der Waals surface area contributed by atoms with Crippen molar-refractivity contribution in [2.24, 2.45) is 0 Å². The Balaban J connectivity index is 1.66. The van der Waals surface area contributed by atoms with Crippen LogP contribution >= 0.6 is 22.9 Å². The Kier molecular flexibility index (Phi) is 4.08. The monoisotopic (exact) mass is 317 g/mol. The highest BCUT2D eigenvalue weighted by molar-refractivity contribution is 7.08. The predicted octanol–water partition coefficient (Wildman–Crippen LogP) is 4.59. The summed E-state index contributed by atoms with van der Waals surface area (Å²) in [4.78, 5) is 12.0. The first kappa shape index (κ1) is 13.9. The minimum atomic E-state index is -0.214. The fourth-order valence-electron chi connectivity index (χ4n) is 1.94. The molecule has 1 N–H and O–H groups in total. The average molecular weight is 318 g/mol. The summed E-state index contributed by atoms with van der Waals surface area (Å²) in [5, 5.41) is 7.25. The van der Waals surface area contributed by atoms with E-state index < -0.39 is 0 Å². The predicted molar refractivity (Wildman–Crippen MR) is 84.6 cm³/mol. The lowest BCUT2D eigenvalue weighted by Crippen LogP contribution is -2.22. The first-order valence-electron chi connectivity index (χ1n) is 6.38. The Morgan fingerprint density at radius 3 is 2.81 bits per heavy atom. The number of thiophene rings is 1. The van der Waals surface area contributed by atoms with Crippen LogP contribution in [0, 0.1) is 0 Å². The Morgan fingerprint density at radius 2 is 2.05 bits per heavy atom. The van der Waals surface area contributed by atoms with Gasteiger partial charge in [-0.1, -0.05) is 23.7 Å². The molecule has 0 saturated carbocycles. The van der Waals surface area contributed by atoms with E-state index in [1.54, 1.807) is 35.6 Å². The van der Waals surface area contributed by atoms with Crippen molar-refractivity contribution in [1.29, 1.82) is 0 Å². The molecule has 3 rings (SSSR count). The fraction of sp³-hybridized carbons (Fsp3) is 0.0625. The molecule has 0 atom stereocenters. The molecule has 2 heterocycles. The maximum atomic E-state index is 12.0. The first-order valence-corrected chi connectivity index (χ1v) is 7.70. The Labute approximate surface area is 131 Å². The van der Waals surface area contributed by atoms with Crippen molar-refractivity contribution in [3.8, 4) is 11.3 Å². The lowest BCUT2D eigenvalue weighted by molar-refractivity contribution is 0.0948. The zero-order valence-electron chi connectivity index (χ0n) is 11.0. The van der Waals surface area contributed by atoms with E-state index in [1.165, 1.54) is 0 Å². The molecule has 0 spiro atoms. The van der Waals surface area contributed by atoms with Crippen molar-refractivity contribution in [2.75, 3.05) is 0 Å². The number of nitrogens with one attached hydrogen (secondary N) is 1. The fourth-order valence-corrected chi connectivity index (χ4v) is 2.81. The standard InChI is InChI=1S/C16H12ClNO2S/c17-14-4-2-1-3-13(14)16(19)18-9-12-5-6-15(20-12)11-7-8-21-10-11/h1-8,10H,9H2,(H,18,19). The van der Waals surface area contributed by atoms with Crippen LogP contribution in [-0.2, 0) is 6.54 Å². The molecule has 0 aliphatic heterocycles. The molecule has 3 nitrogen and oxygen atoms in total. The Morgan fingerprint density at radius 1 is 1.19 bits per heavy atom. The largest absolute Gasteiger partial charge is 0.459 e. The van der Waals surface area contributed by atoms with Gasteiger partial charge in [0.2, 0.25) is 0 Å². The van der Waals surface area contributed by atoms with Gasteiger partial charge in [0, 0.05) is 10.9 Å². The van der Waals surface area contributed by atoms with Gasteiger partial charge in [0.1, 0.15) is 11.5 Å². The normalized spacial score (nSPS) is 10.5. The van der Waals surface area contributed by atoms with Gasteiger partial charge in [0.15, 0.2) is 0 Å². The van der Waals surface area contributed by atoms with Crippen molar-refractivity contribution in [2.45, 2.75) is 6.54 Å². The lowest BCUT2D eigenvalue weighted by Gasteiger charge is -2.04. The summed E-state index contributed by atoms with van der Waals surface area (Å²) < 4.78 is 5.70. The third kappa shape index (κ3) is 3.17. The third-order valence-corrected chi connectivity index (χ3v) is 4.02. The van der Waals surface area contributed by atoms with Gasteiger partial charge < -0.3 is 9.73 Å². The minimum Gasteiger partial charge on any atom is -0.459 e. The van der Waals surface area contributed by atoms with Crippen LogP contribution in [0.25, 0.3) is 11.3 Å². The van der Waals surface area contributed by atoms with Gasteiger partial charge in [-0.05, 0) is 35.7 Å². The second-order valence-corrected chi connectivity index (χ2v) is 5.63. The van der Waals surface area contributed by atoms with Gasteiger partial charge in [-0.2, -0.15) is 11.3 Å². The Bertz CT molecular complexity index is 749. The van der Waals surface area contributed by atoms with E-state index in [1.807, 2.05) is 29.0 Å². The van der Waals surface area contributed by atoms with Gasteiger partial charge >= 0.3 is 0 Å². The SMILES string of the molecule is O=C(NCc1ccc(-c2ccsc2)o1)c1ccccc1Cl. The van der Waals surface area contributed by atoms with E-state index in [-0.39, 0.29) is 5.91 Å². The molecule has 0 radical (unpaired) electrons. The van der Waals surface area contributed by atoms with Crippen LogP contribution in [-0.4, -0.2) is 5.91 Å². The van der Waals surface area contributed by atoms with Crippen LogP contribution in [0.15, 0.2) is 57.6 Å². The van der Waals surface area contributed by atoms with Crippen LogP contribution in [0.5, 0.6) is 0 Å². The molecule has 0 unspecified atom stereocenters. The van der Waals surface area contributed by atoms with Crippen molar-refractivity contribution in [3.63, 3.8) is 0 Å². The van der Waals surface area contributed by atoms with Gasteiger partial charge in [-0.15, -0.1) is 0 Å². The summed E-state index contributed by atoms with van der Waals surface area (Å²) in [7, 11) is 0. The van der Waals surface area contributed by atoms with Gasteiger partial charge in [0.05, 0.1) is 17.1 Å². The number of carbonyl (C=O) groups excluding carboxylic acids is 1. The molecule has 0 saturated heterocycles. The lowest BCUT2D eigenvalue weighted by atomic mass is 10.2. The summed E-state index contributed by atoms with van der Waals surface area (Å²) >= 11 is 7.61. The zero-order chi connectivity index (χ0) is 14.7. The molecular weight excluding hydrogens is 306 g/mol. The number of halogens is 1. The number of rotatable bonds is 4. The van der Waals surface area contributed by atoms with Crippen molar-refractivity contribution >= 4 is 28.8 Å². The maximum Gasteiger partial charge on any atom is 0.253 e. The highest BCUT2D eigenvalue weighted by atomic mass is 35.5. The minimum absolute atomic E-state index is 0.214. The van der Waals surface area contributed by atoms with Crippen LogP contribution < -0.4 is 5.32 Å². The molecule has 3 aromatic rings. The van der Waals surface area contributed by atoms with E-state index in [0.717, 1.165) is 11.3 Å². The van der Waals surface area contributed by atoms with Gasteiger partial charge in [-0.25, -0.2) is 0 Å². The van der Waals surface area contributed by atoms with Crippen LogP contribution in [0.3, 0.4) is 0 Å². The van der Waals surface area contributed by atoms with Gasteiger partial charge in [-0.3, -0.25) is 4.79 Å². The summed E-state index contributed by atoms with van der Waals surface area (Å²) in [6.45, 7) is 0.328. The smallest absolute Gasteiger partial charge is 0.253 e. The quantitative estimate of drug-likeness (QED) is 0.764. The summed E-state index contributed by atoms with van der Waals surface area (Å²) in [6.07, 6.45) is 0.